The first-order valence-corrected chi connectivity index (χ1v) is 5.62. The highest BCUT2D eigenvalue weighted by atomic mass is 14.0. The molecule has 0 aromatic heterocycles. The minimum Gasteiger partial charge on any atom is -0.0654 e. The summed E-state index contributed by atoms with van der Waals surface area (Å²) in [5.74, 6) is 0. The van der Waals surface area contributed by atoms with Crippen LogP contribution in [0.4, 0.5) is 0 Å². The predicted molar refractivity (Wildman–Crippen MR) is 56.1 cm³/mol. The van der Waals surface area contributed by atoms with Gasteiger partial charge in [0.1, 0.15) is 0 Å². The summed E-state index contributed by atoms with van der Waals surface area (Å²) >= 11 is 0. The van der Waals surface area contributed by atoms with Crippen LogP contribution in [0.1, 0.15) is 71.6 Å². The lowest BCUT2D eigenvalue weighted by atomic mass is 10.1. The molecule has 0 unspecified atom stereocenters. The fourth-order valence-corrected chi connectivity index (χ4v) is 1.28. The monoisotopic (exact) mass is 168 g/mol. The van der Waals surface area contributed by atoms with E-state index in [1.54, 1.807) is 0 Å². The molecule has 0 atom stereocenters. The van der Waals surface area contributed by atoms with Crippen molar-refractivity contribution in [3.05, 3.63) is 6.42 Å². The molecule has 0 aromatic carbocycles. The van der Waals surface area contributed by atoms with Crippen molar-refractivity contribution in [1.29, 1.82) is 0 Å². The standard InChI is InChI=1S/C12H24/c1-3-5-7-9-11-12-10-8-6-4-2/h3-9,11-12H2,1-2H3. The molecule has 0 rings (SSSR count). The molecular formula is C12H24. The van der Waals surface area contributed by atoms with Gasteiger partial charge in [-0.1, -0.05) is 58.8 Å². The lowest BCUT2D eigenvalue weighted by molar-refractivity contribution is 0.617. The van der Waals surface area contributed by atoms with Crippen LogP contribution < -0.4 is 0 Å². The molecule has 0 heterocycles. The smallest absolute Gasteiger partial charge is 0.0173 e. The van der Waals surface area contributed by atoms with Gasteiger partial charge in [-0.2, -0.15) is 0 Å². The number of rotatable bonds is 9. The van der Waals surface area contributed by atoms with Crippen LogP contribution in [0.2, 0.25) is 0 Å². The van der Waals surface area contributed by atoms with E-state index in [1.165, 1.54) is 57.8 Å². The van der Waals surface area contributed by atoms with Crippen LogP contribution >= 0.6 is 0 Å². The summed E-state index contributed by atoms with van der Waals surface area (Å²) in [6, 6.07) is 0. The SMILES string of the molecule is CCCC[C]CCCCCCC. The zero-order valence-corrected chi connectivity index (χ0v) is 8.86. The fourth-order valence-electron chi connectivity index (χ4n) is 1.28. The van der Waals surface area contributed by atoms with E-state index in [-0.39, 0.29) is 0 Å². The topological polar surface area (TPSA) is 0 Å². The van der Waals surface area contributed by atoms with Crippen molar-refractivity contribution in [2.24, 2.45) is 0 Å². The highest BCUT2D eigenvalue weighted by Crippen LogP contribution is 2.09. The van der Waals surface area contributed by atoms with E-state index in [1.807, 2.05) is 0 Å². The van der Waals surface area contributed by atoms with Gasteiger partial charge in [0.25, 0.3) is 0 Å². The highest BCUT2D eigenvalue weighted by Gasteiger charge is 1.90. The Hall–Kier alpha value is 0. The van der Waals surface area contributed by atoms with Gasteiger partial charge in [0, 0.05) is 0 Å². The minimum absolute atomic E-state index is 1.21. The molecule has 0 fully saturated rings. The Labute approximate surface area is 78.8 Å². The second kappa shape index (κ2) is 11.0. The Bertz CT molecular complexity index is 56.4. The number of unbranched alkanes of at least 4 members (excludes halogenated alkanes) is 9. The Kier molecular flexibility index (Phi) is 11.0. The molecule has 0 amide bonds. The molecular weight excluding hydrogens is 144 g/mol. The molecule has 0 aliphatic heterocycles. The summed E-state index contributed by atoms with van der Waals surface area (Å²) in [4.78, 5) is 0. The average Bonchev–Trinajstić information content (AvgIpc) is 2.10. The largest absolute Gasteiger partial charge is 0.0654 e. The van der Waals surface area contributed by atoms with Crippen molar-refractivity contribution in [3.8, 4) is 0 Å². The van der Waals surface area contributed by atoms with E-state index >= 15 is 0 Å². The molecule has 0 heteroatoms. The molecule has 0 saturated carbocycles. The van der Waals surface area contributed by atoms with Crippen LogP contribution in [0.25, 0.3) is 0 Å². The highest BCUT2D eigenvalue weighted by molar-refractivity contribution is 4.63. The van der Waals surface area contributed by atoms with E-state index in [0.717, 1.165) is 0 Å². The van der Waals surface area contributed by atoms with E-state index in [0.29, 0.717) is 0 Å². The molecule has 0 saturated heterocycles. The zero-order valence-electron chi connectivity index (χ0n) is 8.86. The van der Waals surface area contributed by atoms with E-state index < -0.39 is 0 Å². The van der Waals surface area contributed by atoms with Crippen LogP contribution in [0, 0.1) is 6.42 Å². The van der Waals surface area contributed by atoms with Crippen LogP contribution in [0.15, 0.2) is 0 Å². The van der Waals surface area contributed by atoms with E-state index in [4.69, 9.17) is 0 Å². The number of hydrogen-bond acceptors (Lipinski definition) is 0. The Morgan fingerprint density at radius 1 is 0.667 bits per heavy atom. The van der Waals surface area contributed by atoms with E-state index in [9.17, 15) is 0 Å². The molecule has 72 valence electrons. The summed E-state index contributed by atoms with van der Waals surface area (Å²) in [5.41, 5.74) is 0. The molecule has 0 aliphatic carbocycles. The van der Waals surface area contributed by atoms with Crippen LogP contribution in [-0.4, -0.2) is 0 Å². The summed E-state index contributed by atoms with van der Waals surface area (Å²) in [7, 11) is 0. The van der Waals surface area contributed by atoms with E-state index in [2.05, 4.69) is 20.3 Å². The van der Waals surface area contributed by atoms with Gasteiger partial charge in [-0.25, -0.2) is 0 Å². The Morgan fingerprint density at radius 3 is 1.92 bits per heavy atom. The normalized spacial score (nSPS) is 10.5. The van der Waals surface area contributed by atoms with Crippen LogP contribution in [0.3, 0.4) is 0 Å². The first kappa shape index (κ1) is 12.0. The second-order valence-electron chi connectivity index (χ2n) is 3.52. The first-order valence-electron chi connectivity index (χ1n) is 5.62. The van der Waals surface area contributed by atoms with Gasteiger partial charge in [0.2, 0.25) is 0 Å². The molecule has 12 heavy (non-hydrogen) atoms. The summed E-state index contributed by atoms with van der Waals surface area (Å²) < 4.78 is 0. The van der Waals surface area contributed by atoms with Crippen molar-refractivity contribution in [2.45, 2.75) is 71.6 Å². The molecule has 0 aliphatic rings. The molecule has 0 aromatic rings. The molecule has 0 bridgehead atoms. The summed E-state index contributed by atoms with van der Waals surface area (Å²) in [6.07, 6.45) is 15.5. The maximum Gasteiger partial charge on any atom is -0.0173 e. The van der Waals surface area contributed by atoms with Crippen molar-refractivity contribution < 1.29 is 0 Å². The zero-order chi connectivity index (χ0) is 9.07. The van der Waals surface area contributed by atoms with Gasteiger partial charge in [0.15, 0.2) is 0 Å². The third kappa shape index (κ3) is 10.0. The Balaban J connectivity index is 2.73. The fraction of sp³-hybridized carbons (Fsp3) is 0.917. The third-order valence-electron chi connectivity index (χ3n) is 2.16. The van der Waals surface area contributed by atoms with Crippen LogP contribution in [0.5, 0.6) is 0 Å². The molecule has 0 spiro atoms. The first-order chi connectivity index (χ1) is 5.91. The van der Waals surface area contributed by atoms with Crippen molar-refractivity contribution in [1.82, 2.24) is 0 Å². The van der Waals surface area contributed by atoms with Gasteiger partial charge in [-0.3, -0.25) is 0 Å². The van der Waals surface area contributed by atoms with Gasteiger partial charge < -0.3 is 0 Å². The average molecular weight is 168 g/mol. The van der Waals surface area contributed by atoms with Crippen molar-refractivity contribution in [2.75, 3.05) is 0 Å². The van der Waals surface area contributed by atoms with Gasteiger partial charge in [-0.05, 0) is 19.3 Å². The van der Waals surface area contributed by atoms with Gasteiger partial charge >= 0.3 is 0 Å². The molecule has 0 N–H and O–H groups in total. The minimum atomic E-state index is 1.21. The second-order valence-corrected chi connectivity index (χ2v) is 3.52. The lowest BCUT2D eigenvalue weighted by Gasteiger charge is -1.99. The summed E-state index contributed by atoms with van der Waals surface area (Å²) in [6.45, 7) is 4.50. The van der Waals surface area contributed by atoms with Crippen molar-refractivity contribution in [3.63, 3.8) is 0 Å². The van der Waals surface area contributed by atoms with Gasteiger partial charge in [0.05, 0.1) is 0 Å². The summed E-state index contributed by atoms with van der Waals surface area (Å²) in [5, 5.41) is 0. The lowest BCUT2D eigenvalue weighted by Crippen LogP contribution is -1.81. The molecule has 2 radical (unpaired) electrons. The van der Waals surface area contributed by atoms with Gasteiger partial charge in [-0.15, -0.1) is 0 Å². The maximum atomic E-state index is 3.46. The third-order valence-corrected chi connectivity index (χ3v) is 2.16. The molecule has 0 nitrogen and oxygen atoms in total. The quantitative estimate of drug-likeness (QED) is 0.441. The van der Waals surface area contributed by atoms with Crippen molar-refractivity contribution >= 4 is 0 Å². The number of hydrogen-bond donors (Lipinski definition) is 0. The predicted octanol–water partition coefficient (Wildman–Crippen LogP) is 4.62. The Morgan fingerprint density at radius 2 is 1.25 bits per heavy atom. The van der Waals surface area contributed by atoms with Crippen LogP contribution in [-0.2, 0) is 0 Å². The maximum absolute atomic E-state index is 3.46.